The quantitative estimate of drug-likeness (QED) is 0.557. The van der Waals surface area contributed by atoms with E-state index in [-0.39, 0.29) is 28.8 Å². The standard InChI is InChI=1S/C26H31N3O2S/c1-16(2)22-27-23-21(17(3)18(4)32-23)24(30)29(22)20-11-8-14-28(15-20)25(31)26(12-13-26)19-9-6-5-7-10-19/h5-7,9-10,16,20H,8,11-15H2,1-4H3/t20-/m1/s1. The number of piperidine rings is 1. The second kappa shape index (κ2) is 7.84. The van der Waals surface area contributed by atoms with Crippen molar-refractivity contribution >= 4 is 27.5 Å². The molecule has 5 nitrogen and oxygen atoms in total. The molecule has 1 aromatic carbocycles. The summed E-state index contributed by atoms with van der Waals surface area (Å²) < 4.78 is 1.92. The van der Waals surface area contributed by atoms with Crippen LogP contribution in [0.15, 0.2) is 35.1 Å². The van der Waals surface area contributed by atoms with Gasteiger partial charge in [0.2, 0.25) is 5.91 Å². The number of carbonyl (C=O) groups is 1. The highest BCUT2D eigenvalue weighted by Crippen LogP contribution is 2.50. The molecule has 1 aliphatic carbocycles. The second-order valence-corrected chi connectivity index (χ2v) is 11.0. The first-order valence-corrected chi connectivity index (χ1v) is 12.5. The van der Waals surface area contributed by atoms with Crippen molar-refractivity contribution in [2.24, 2.45) is 0 Å². The molecule has 3 heterocycles. The molecule has 2 aromatic heterocycles. The molecule has 32 heavy (non-hydrogen) atoms. The Morgan fingerprint density at radius 1 is 1.19 bits per heavy atom. The molecule has 2 aliphatic rings. The van der Waals surface area contributed by atoms with Gasteiger partial charge in [-0.25, -0.2) is 4.98 Å². The van der Waals surface area contributed by atoms with Gasteiger partial charge in [0.1, 0.15) is 10.7 Å². The molecule has 2 fully saturated rings. The maximum Gasteiger partial charge on any atom is 0.262 e. The summed E-state index contributed by atoms with van der Waals surface area (Å²) in [6.45, 7) is 9.62. The van der Waals surface area contributed by atoms with Crippen molar-refractivity contribution in [3.8, 4) is 0 Å². The van der Waals surface area contributed by atoms with E-state index in [1.165, 1.54) is 0 Å². The van der Waals surface area contributed by atoms with Gasteiger partial charge in [0.25, 0.3) is 5.56 Å². The Balaban J connectivity index is 1.52. The van der Waals surface area contributed by atoms with Gasteiger partial charge in [-0.2, -0.15) is 0 Å². The minimum Gasteiger partial charge on any atom is -0.340 e. The number of fused-ring (bicyclic) bond motifs is 1. The number of aryl methyl sites for hydroxylation is 2. The number of hydrogen-bond donors (Lipinski definition) is 0. The van der Waals surface area contributed by atoms with Crippen LogP contribution in [0.25, 0.3) is 10.2 Å². The van der Waals surface area contributed by atoms with Crippen molar-refractivity contribution in [3.05, 3.63) is 62.5 Å². The van der Waals surface area contributed by atoms with Crippen LogP contribution in [0.1, 0.15) is 73.3 Å². The molecular formula is C26H31N3O2S. The molecule has 0 unspecified atom stereocenters. The van der Waals surface area contributed by atoms with Crippen LogP contribution >= 0.6 is 11.3 Å². The van der Waals surface area contributed by atoms with E-state index in [1.54, 1.807) is 11.3 Å². The van der Waals surface area contributed by atoms with Gasteiger partial charge < -0.3 is 4.90 Å². The van der Waals surface area contributed by atoms with Crippen molar-refractivity contribution < 1.29 is 4.79 Å². The van der Waals surface area contributed by atoms with Crippen molar-refractivity contribution in [1.82, 2.24) is 14.5 Å². The summed E-state index contributed by atoms with van der Waals surface area (Å²) in [5.74, 6) is 1.20. The molecule has 5 rings (SSSR count). The summed E-state index contributed by atoms with van der Waals surface area (Å²) in [6.07, 6.45) is 3.63. The van der Waals surface area contributed by atoms with E-state index in [9.17, 15) is 9.59 Å². The van der Waals surface area contributed by atoms with Crippen LogP contribution in [0.2, 0.25) is 0 Å². The molecule has 0 radical (unpaired) electrons. The fourth-order valence-corrected chi connectivity index (χ4v) is 6.27. The number of benzene rings is 1. The number of nitrogens with zero attached hydrogens (tertiary/aromatic N) is 3. The summed E-state index contributed by atoms with van der Waals surface area (Å²) in [6, 6.07) is 10.2. The number of likely N-dealkylation sites (tertiary alicyclic amines) is 1. The molecular weight excluding hydrogens is 418 g/mol. The minimum atomic E-state index is -0.363. The SMILES string of the molecule is Cc1sc2nc(C(C)C)n([C@@H]3CCCN(C(=O)C4(c5ccccc5)CC4)C3)c(=O)c2c1C. The lowest BCUT2D eigenvalue weighted by Crippen LogP contribution is -2.47. The predicted molar refractivity (Wildman–Crippen MR) is 130 cm³/mol. The normalized spacial score (nSPS) is 20.2. The van der Waals surface area contributed by atoms with Crippen LogP contribution in [0, 0.1) is 13.8 Å². The van der Waals surface area contributed by atoms with Crippen molar-refractivity contribution in [2.45, 2.75) is 70.8 Å². The molecule has 0 bridgehead atoms. The monoisotopic (exact) mass is 449 g/mol. The highest BCUT2D eigenvalue weighted by atomic mass is 32.1. The van der Waals surface area contributed by atoms with Gasteiger partial charge in [0.05, 0.1) is 16.8 Å². The van der Waals surface area contributed by atoms with Crippen LogP contribution in [0.4, 0.5) is 0 Å². The van der Waals surface area contributed by atoms with E-state index in [4.69, 9.17) is 4.98 Å². The third-order valence-corrected chi connectivity index (χ3v) is 8.41. The average Bonchev–Trinajstić information content (AvgIpc) is 3.55. The number of aromatic nitrogens is 2. The number of thiophene rings is 1. The molecule has 1 saturated carbocycles. The Bertz CT molecular complexity index is 1240. The largest absolute Gasteiger partial charge is 0.340 e. The molecule has 168 valence electrons. The third kappa shape index (κ3) is 3.31. The smallest absolute Gasteiger partial charge is 0.262 e. The van der Waals surface area contributed by atoms with Crippen LogP contribution in [0.5, 0.6) is 0 Å². The van der Waals surface area contributed by atoms with Crippen molar-refractivity contribution in [3.63, 3.8) is 0 Å². The van der Waals surface area contributed by atoms with E-state index in [0.717, 1.165) is 64.3 Å². The van der Waals surface area contributed by atoms with Crippen LogP contribution < -0.4 is 5.56 Å². The highest BCUT2D eigenvalue weighted by Gasteiger charge is 2.53. The Hall–Kier alpha value is -2.47. The van der Waals surface area contributed by atoms with Crippen molar-refractivity contribution in [2.75, 3.05) is 13.1 Å². The van der Waals surface area contributed by atoms with E-state index in [0.29, 0.717) is 6.54 Å². The molecule has 1 amide bonds. The molecule has 1 aliphatic heterocycles. The Morgan fingerprint density at radius 3 is 2.56 bits per heavy atom. The number of rotatable bonds is 4. The Morgan fingerprint density at radius 2 is 1.91 bits per heavy atom. The predicted octanol–water partition coefficient (Wildman–Crippen LogP) is 5.09. The maximum absolute atomic E-state index is 13.7. The summed E-state index contributed by atoms with van der Waals surface area (Å²) >= 11 is 1.61. The van der Waals surface area contributed by atoms with Gasteiger partial charge in [-0.1, -0.05) is 44.2 Å². The Kier molecular flexibility index (Phi) is 5.24. The second-order valence-electron chi connectivity index (χ2n) is 9.76. The zero-order valence-electron chi connectivity index (χ0n) is 19.4. The van der Waals surface area contributed by atoms with Gasteiger partial charge in [-0.05, 0) is 50.7 Å². The molecule has 1 saturated heterocycles. The fourth-order valence-electron chi connectivity index (χ4n) is 5.24. The van der Waals surface area contributed by atoms with Crippen LogP contribution in [-0.4, -0.2) is 33.4 Å². The number of amides is 1. The summed E-state index contributed by atoms with van der Waals surface area (Å²) in [5, 5.41) is 0.753. The van der Waals surface area contributed by atoms with E-state index < -0.39 is 0 Å². The first kappa shape index (κ1) is 21.4. The average molecular weight is 450 g/mol. The van der Waals surface area contributed by atoms with Crippen LogP contribution in [0.3, 0.4) is 0 Å². The first-order valence-electron chi connectivity index (χ1n) is 11.7. The minimum absolute atomic E-state index is 0.0271. The van der Waals surface area contributed by atoms with Gasteiger partial charge in [0.15, 0.2) is 0 Å². The summed E-state index contributed by atoms with van der Waals surface area (Å²) in [5.41, 5.74) is 1.86. The van der Waals surface area contributed by atoms with Crippen LogP contribution in [-0.2, 0) is 10.2 Å². The number of carbonyl (C=O) groups excluding carboxylic acids is 1. The molecule has 3 aromatic rings. The lowest BCUT2D eigenvalue weighted by Gasteiger charge is -2.37. The summed E-state index contributed by atoms with van der Waals surface area (Å²) in [7, 11) is 0. The maximum atomic E-state index is 13.7. The van der Waals surface area contributed by atoms with E-state index in [1.807, 2.05) is 34.6 Å². The molecule has 0 spiro atoms. The highest BCUT2D eigenvalue weighted by molar-refractivity contribution is 7.18. The zero-order valence-corrected chi connectivity index (χ0v) is 20.2. The number of hydrogen-bond acceptors (Lipinski definition) is 4. The van der Waals surface area contributed by atoms with Gasteiger partial charge in [0, 0.05) is 23.9 Å². The lowest BCUT2D eigenvalue weighted by molar-refractivity contribution is -0.135. The van der Waals surface area contributed by atoms with Crippen molar-refractivity contribution in [1.29, 1.82) is 0 Å². The topological polar surface area (TPSA) is 55.2 Å². The third-order valence-electron chi connectivity index (χ3n) is 7.31. The summed E-state index contributed by atoms with van der Waals surface area (Å²) in [4.78, 5) is 36.3. The van der Waals surface area contributed by atoms with Gasteiger partial charge >= 0.3 is 0 Å². The first-order chi connectivity index (χ1) is 15.3. The fraction of sp³-hybridized carbons (Fsp3) is 0.500. The van der Waals surface area contributed by atoms with Gasteiger partial charge in [-0.3, -0.25) is 14.2 Å². The molecule has 6 heteroatoms. The zero-order chi connectivity index (χ0) is 22.6. The van der Waals surface area contributed by atoms with Gasteiger partial charge in [-0.15, -0.1) is 11.3 Å². The van der Waals surface area contributed by atoms with E-state index in [2.05, 4.69) is 32.9 Å². The van der Waals surface area contributed by atoms with E-state index >= 15 is 0 Å². The molecule has 1 atom stereocenters. The lowest BCUT2D eigenvalue weighted by atomic mass is 9.92. The Labute approximate surface area is 193 Å². The molecule has 0 N–H and O–H groups in total.